The molecule has 0 saturated carbocycles. The molecule has 0 aliphatic heterocycles. The highest BCUT2D eigenvalue weighted by molar-refractivity contribution is 5.57. The lowest BCUT2D eigenvalue weighted by atomic mass is 10.2. The van der Waals surface area contributed by atoms with Gasteiger partial charge in [0.1, 0.15) is 0 Å². The highest BCUT2D eigenvalue weighted by atomic mass is 16.5. The maximum Gasteiger partial charge on any atom is 0.190 e. The fourth-order valence-electron chi connectivity index (χ4n) is 1.03. The maximum atomic E-state index is 4.90. The summed E-state index contributed by atoms with van der Waals surface area (Å²) >= 11 is 0. The molecule has 0 spiro atoms. The van der Waals surface area contributed by atoms with Crippen LogP contribution in [0.4, 0.5) is 0 Å². The van der Waals surface area contributed by atoms with Crippen molar-refractivity contribution < 1.29 is 4.52 Å². The van der Waals surface area contributed by atoms with Crippen LogP contribution >= 0.6 is 0 Å². The van der Waals surface area contributed by atoms with Gasteiger partial charge in [-0.25, -0.2) is 0 Å². The molecule has 5 nitrogen and oxygen atoms in total. The number of hydrogen-bond acceptors (Lipinski definition) is 4. The highest BCUT2D eigenvalue weighted by Gasteiger charge is 2.09. The lowest BCUT2D eigenvalue weighted by Crippen LogP contribution is -1.92. The normalized spacial score (nSPS) is 10.5. The van der Waals surface area contributed by atoms with E-state index >= 15 is 0 Å². The van der Waals surface area contributed by atoms with Crippen molar-refractivity contribution >= 4 is 0 Å². The molecule has 2 aromatic rings. The minimum Gasteiger partial charge on any atom is -0.337 e. The lowest BCUT2D eigenvalue weighted by molar-refractivity contribution is 0.403. The molecule has 0 aliphatic rings. The van der Waals surface area contributed by atoms with E-state index in [1.54, 1.807) is 17.1 Å². The second-order valence-electron chi connectivity index (χ2n) is 2.55. The first-order valence-corrected chi connectivity index (χ1v) is 3.55. The van der Waals surface area contributed by atoms with Crippen molar-refractivity contribution in [3.63, 3.8) is 0 Å². The average Bonchev–Trinajstić information content (AvgIpc) is 2.64. The molecule has 0 aliphatic carbocycles. The van der Waals surface area contributed by atoms with Crippen molar-refractivity contribution in [2.24, 2.45) is 7.05 Å². The van der Waals surface area contributed by atoms with Gasteiger partial charge in [-0.2, -0.15) is 5.10 Å². The number of rotatable bonds is 1. The topological polar surface area (TPSA) is 56.7 Å². The van der Waals surface area contributed by atoms with Crippen LogP contribution in [0.25, 0.3) is 11.3 Å². The third kappa shape index (κ3) is 0.903. The van der Waals surface area contributed by atoms with Crippen molar-refractivity contribution in [1.29, 1.82) is 0 Å². The summed E-state index contributed by atoms with van der Waals surface area (Å²) < 4.78 is 6.67. The quantitative estimate of drug-likeness (QED) is 0.624. The Labute approximate surface area is 69.0 Å². The van der Waals surface area contributed by atoms with Gasteiger partial charge in [-0.05, 0) is 6.92 Å². The molecule has 2 aromatic heterocycles. The van der Waals surface area contributed by atoms with E-state index in [4.69, 9.17) is 4.52 Å². The fraction of sp³-hybridized carbons (Fsp3) is 0.286. The Hall–Kier alpha value is -1.65. The summed E-state index contributed by atoms with van der Waals surface area (Å²) in [5.41, 5.74) is 1.97. The molecular weight excluding hydrogens is 156 g/mol. The molecule has 0 radical (unpaired) electrons. The van der Waals surface area contributed by atoms with Crippen LogP contribution in [0.5, 0.6) is 0 Å². The molecule has 0 unspecified atom stereocenters. The first-order chi connectivity index (χ1) is 5.79. The summed E-state index contributed by atoms with van der Waals surface area (Å²) in [6, 6.07) is 0. The van der Waals surface area contributed by atoms with E-state index in [-0.39, 0.29) is 0 Å². The van der Waals surface area contributed by atoms with E-state index in [1.165, 1.54) is 0 Å². The van der Waals surface area contributed by atoms with Gasteiger partial charge in [-0.3, -0.25) is 4.68 Å². The Morgan fingerprint density at radius 2 is 2.25 bits per heavy atom. The van der Waals surface area contributed by atoms with Crippen molar-refractivity contribution in [3.05, 3.63) is 18.1 Å². The zero-order valence-corrected chi connectivity index (χ0v) is 6.85. The van der Waals surface area contributed by atoms with Crippen molar-refractivity contribution in [2.75, 3.05) is 0 Å². The van der Waals surface area contributed by atoms with Gasteiger partial charge >= 0.3 is 0 Å². The van der Waals surface area contributed by atoms with Crippen LogP contribution in [0.15, 0.2) is 16.9 Å². The van der Waals surface area contributed by atoms with Gasteiger partial charge in [0, 0.05) is 18.0 Å². The number of aryl methyl sites for hydroxylation is 1. The summed E-state index contributed by atoms with van der Waals surface area (Å²) in [6.07, 6.45) is 3.31. The molecule has 0 saturated heterocycles. The first kappa shape index (κ1) is 7.02. The second kappa shape index (κ2) is 2.44. The summed E-state index contributed by atoms with van der Waals surface area (Å²) in [5, 5.41) is 11.1. The van der Waals surface area contributed by atoms with Crippen molar-refractivity contribution in [2.45, 2.75) is 6.92 Å². The van der Waals surface area contributed by atoms with E-state index in [0.717, 1.165) is 11.3 Å². The molecule has 0 fully saturated rings. The maximum absolute atomic E-state index is 4.90. The molecule has 2 rings (SSSR count). The molecule has 0 aromatic carbocycles. The van der Waals surface area contributed by atoms with Gasteiger partial charge in [0.05, 0.1) is 18.0 Å². The first-order valence-electron chi connectivity index (χ1n) is 3.55. The van der Waals surface area contributed by atoms with Gasteiger partial charge in [0.25, 0.3) is 0 Å². The standard InChI is InChI=1S/C7H8N4O/c1-5-6(3-9-11(5)2)7-4-8-10-12-7/h3-4H,1-2H3. The molecule has 0 N–H and O–H groups in total. The zero-order valence-electron chi connectivity index (χ0n) is 6.85. The molecule has 12 heavy (non-hydrogen) atoms. The van der Waals surface area contributed by atoms with Crippen LogP contribution in [0.2, 0.25) is 0 Å². The Morgan fingerprint density at radius 1 is 1.42 bits per heavy atom. The molecular formula is C7H8N4O. The molecule has 0 atom stereocenters. The van der Waals surface area contributed by atoms with E-state index in [0.29, 0.717) is 5.76 Å². The lowest BCUT2D eigenvalue weighted by Gasteiger charge is -1.93. The summed E-state index contributed by atoms with van der Waals surface area (Å²) in [4.78, 5) is 0. The van der Waals surface area contributed by atoms with Crippen LogP contribution in [-0.4, -0.2) is 20.2 Å². The Morgan fingerprint density at radius 3 is 2.75 bits per heavy atom. The average molecular weight is 164 g/mol. The Bertz CT molecular complexity index is 376. The van der Waals surface area contributed by atoms with Crippen LogP contribution < -0.4 is 0 Å². The van der Waals surface area contributed by atoms with Crippen molar-refractivity contribution in [1.82, 2.24) is 20.2 Å². The zero-order chi connectivity index (χ0) is 8.55. The van der Waals surface area contributed by atoms with Crippen LogP contribution in [0.3, 0.4) is 0 Å². The van der Waals surface area contributed by atoms with Crippen LogP contribution in [-0.2, 0) is 7.05 Å². The third-order valence-corrected chi connectivity index (χ3v) is 1.86. The van der Waals surface area contributed by atoms with Crippen LogP contribution in [0.1, 0.15) is 5.69 Å². The highest BCUT2D eigenvalue weighted by Crippen LogP contribution is 2.20. The Balaban J connectivity index is 2.55. The Kier molecular flexibility index (Phi) is 1.43. The number of nitrogens with zero attached hydrogens (tertiary/aromatic N) is 4. The fourth-order valence-corrected chi connectivity index (χ4v) is 1.03. The second-order valence-corrected chi connectivity index (χ2v) is 2.55. The summed E-state index contributed by atoms with van der Waals surface area (Å²) in [5.74, 6) is 0.653. The van der Waals surface area contributed by atoms with Gasteiger partial charge in [0.2, 0.25) is 0 Å². The molecule has 62 valence electrons. The van der Waals surface area contributed by atoms with Crippen molar-refractivity contribution in [3.8, 4) is 11.3 Å². The van der Waals surface area contributed by atoms with Gasteiger partial charge in [0.15, 0.2) is 5.76 Å². The van der Waals surface area contributed by atoms with Crippen LogP contribution in [0, 0.1) is 6.92 Å². The van der Waals surface area contributed by atoms with E-state index < -0.39 is 0 Å². The van der Waals surface area contributed by atoms with Gasteiger partial charge in [-0.15, -0.1) is 5.10 Å². The van der Waals surface area contributed by atoms with Gasteiger partial charge in [-0.1, -0.05) is 0 Å². The largest absolute Gasteiger partial charge is 0.337 e. The smallest absolute Gasteiger partial charge is 0.190 e. The third-order valence-electron chi connectivity index (χ3n) is 1.86. The summed E-state index contributed by atoms with van der Waals surface area (Å²) in [7, 11) is 1.88. The number of aromatic nitrogens is 4. The molecule has 0 bridgehead atoms. The molecule has 0 amide bonds. The minimum atomic E-state index is 0.653. The predicted molar refractivity (Wildman–Crippen MR) is 41.2 cm³/mol. The van der Waals surface area contributed by atoms with E-state index in [1.807, 2.05) is 14.0 Å². The SMILES string of the molecule is Cc1c(-c2cnno2)cnn1C. The summed E-state index contributed by atoms with van der Waals surface area (Å²) in [6.45, 7) is 1.96. The van der Waals surface area contributed by atoms with Gasteiger partial charge < -0.3 is 4.52 Å². The monoisotopic (exact) mass is 164 g/mol. The van der Waals surface area contributed by atoms with E-state index in [9.17, 15) is 0 Å². The minimum absolute atomic E-state index is 0.653. The van der Waals surface area contributed by atoms with E-state index in [2.05, 4.69) is 15.5 Å². The predicted octanol–water partition coefficient (Wildman–Crippen LogP) is 0.779. The molecule has 2 heterocycles. The number of hydrogen-bond donors (Lipinski definition) is 0. The molecule has 5 heteroatoms.